The van der Waals surface area contributed by atoms with Crippen molar-refractivity contribution in [3.05, 3.63) is 65.2 Å². The first-order chi connectivity index (χ1) is 12.4. The number of anilines is 2. The molecule has 0 unspecified atom stereocenters. The van der Waals surface area contributed by atoms with Crippen molar-refractivity contribution in [1.82, 2.24) is 20.6 Å². The van der Waals surface area contributed by atoms with Gasteiger partial charge in [-0.25, -0.2) is 0 Å². The van der Waals surface area contributed by atoms with Crippen LogP contribution in [0.25, 0.3) is 0 Å². The molecule has 0 spiro atoms. The maximum Gasteiger partial charge on any atom is 0.270 e. The molecule has 0 aliphatic carbocycles. The van der Waals surface area contributed by atoms with Crippen LogP contribution in [0.4, 0.5) is 11.6 Å². The van der Waals surface area contributed by atoms with Gasteiger partial charge in [-0.3, -0.25) is 10.1 Å². The van der Waals surface area contributed by atoms with Crippen molar-refractivity contribution < 1.29 is 4.79 Å². The first-order valence-corrected chi connectivity index (χ1v) is 8.40. The van der Waals surface area contributed by atoms with Crippen molar-refractivity contribution in [3.63, 3.8) is 0 Å². The average molecular weight is 387 g/mol. The molecule has 27 heavy (non-hydrogen) atoms. The molecule has 0 aliphatic heterocycles. The van der Waals surface area contributed by atoms with E-state index in [1.807, 2.05) is 12.1 Å². The van der Waals surface area contributed by atoms with Crippen LogP contribution in [0.2, 0.25) is 0 Å². The summed E-state index contributed by atoms with van der Waals surface area (Å²) in [6, 6.07) is 15.9. The molecule has 7 nitrogen and oxygen atoms in total. The van der Waals surface area contributed by atoms with Crippen molar-refractivity contribution in [2.24, 2.45) is 0 Å². The van der Waals surface area contributed by atoms with Gasteiger partial charge in [-0.15, -0.1) is 17.5 Å². The standard InChI is InChI=1S/C19H22N6O.ClH/c1-19(2,3)15-8-10-16(11-9-15)20-12-13-4-6-14(7-5-13)17(26)21-18-22-24-25-23-18;/h4-11,20H,12H2,1-3H3,(H2,21,22,23,24,25,26);1H. The van der Waals surface area contributed by atoms with Gasteiger partial charge in [0.1, 0.15) is 0 Å². The Morgan fingerprint density at radius 1 is 1.04 bits per heavy atom. The minimum absolute atomic E-state index is 0. The van der Waals surface area contributed by atoms with E-state index in [2.05, 4.69) is 76.3 Å². The van der Waals surface area contributed by atoms with Crippen LogP contribution in [0.5, 0.6) is 0 Å². The third-order valence-corrected chi connectivity index (χ3v) is 4.03. The first-order valence-electron chi connectivity index (χ1n) is 8.40. The van der Waals surface area contributed by atoms with Crippen molar-refractivity contribution in [2.45, 2.75) is 32.7 Å². The van der Waals surface area contributed by atoms with Gasteiger partial charge in [-0.1, -0.05) is 50.1 Å². The van der Waals surface area contributed by atoms with Crippen LogP contribution >= 0.6 is 12.4 Å². The number of hydrogen-bond donors (Lipinski definition) is 3. The lowest BCUT2D eigenvalue weighted by molar-refractivity contribution is 0.102. The Kier molecular flexibility index (Phi) is 6.52. The summed E-state index contributed by atoms with van der Waals surface area (Å²) in [5.74, 6) is -0.122. The number of rotatable bonds is 5. The smallest absolute Gasteiger partial charge is 0.270 e. The first kappa shape index (κ1) is 20.4. The Balaban J connectivity index is 0.00000261. The van der Waals surface area contributed by atoms with E-state index >= 15 is 0 Å². The molecular formula is C19H23ClN6O. The maximum absolute atomic E-state index is 12.1. The van der Waals surface area contributed by atoms with E-state index < -0.39 is 0 Å². The normalized spacial score (nSPS) is 10.8. The summed E-state index contributed by atoms with van der Waals surface area (Å²) in [4.78, 5) is 12.1. The number of amides is 1. The number of aromatic nitrogens is 4. The van der Waals surface area contributed by atoms with Crippen LogP contribution in [-0.2, 0) is 12.0 Å². The van der Waals surface area contributed by atoms with E-state index in [1.54, 1.807) is 12.1 Å². The molecule has 0 saturated heterocycles. The highest BCUT2D eigenvalue weighted by atomic mass is 35.5. The fourth-order valence-corrected chi connectivity index (χ4v) is 2.45. The second-order valence-electron chi connectivity index (χ2n) is 7.07. The minimum atomic E-state index is -0.274. The number of H-pyrrole nitrogens is 1. The van der Waals surface area contributed by atoms with Gasteiger partial charge in [0.05, 0.1) is 0 Å². The van der Waals surface area contributed by atoms with Crippen LogP contribution in [0.1, 0.15) is 42.3 Å². The zero-order chi connectivity index (χ0) is 18.6. The Morgan fingerprint density at radius 3 is 2.26 bits per heavy atom. The number of hydrogen-bond acceptors (Lipinski definition) is 5. The van der Waals surface area contributed by atoms with Gasteiger partial charge in [0.15, 0.2) is 0 Å². The number of carbonyl (C=O) groups excluding carboxylic acids is 1. The second kappa shape index (κ2) is 8.64. The highest BCUT2D eigenvalue weighted by Gasteiger charge is 2.12. The molecule has 1 aromatic heterocycles. The minimum Gasteiger partial charge on any atom is -0.381 e. The number of benzene rings is 2. The predicted molar refractivity (Wildman–Crippen MR) is 108 cm³/mol. The van der Waals surface area contributed by atoms with Crippen LogP contribution in [0.3, 0.4) is 0 Å². The van der Waals surface area contributed by atoms with Gasteiger partial charge >= 0.3 is 0 Å². The van der Waals surface area contributed by atoms with Gasteiger partial charge in [0.2, 0.25) is 0 Å². The highest BCUT2D eigenvalue weighted by molar-refractivity contribution is 6.03. The van der Waals surface area contributed by atoms with Crippen LogP contribution < -0.4 is 10.6 Å². The summed E-state index contributed by atoms with van der Waals surface area (Å²) < 4.78 is 0. The largest absolute Gasteiger partial charge is 0.381 e. The Labute approximate surface area is 164 Å². The molecule has 3 aromatic rings. The molecule has 3 N–H and O–H groups in total. The zero-order valence-corrected chi connectivity index (χ0v) is 16.3. The van der Waals surface area contributed by atoms with E-state index in [9.17, 15) is 4.79 Å². The Hall–Kier alpha value is -2.93. The van der Waals surface area contributed by atoms with E-state index in [4.69, 9.17) is 0 Å². The Morgan fingerprint density at radius 2 is 1.70 bits per heavy atom. The van der Waals surface area contributed by atoms with Crippen molar-refractivity contribution in [3.8, 4) is 0 Å². The van der Waals surface area contributed by atoms with Crippen molar-refractivity contribution in [2.75, 3.05) is 10.6 Å². The summed E-state index contributed by atoms with van der Waals surface area (Å²) in [6.45, 7) is 7.28. The number of halogens is 1. The Bertz CT molecular complexity index is 855. The van der Waals surface area contributed by atoms with E-state index in [-0.39, 0.29) is 29.7 Å². The lowest BCUT2D eigenvalue weighted by Crippen LogP contribution is -2.13. The molecule has 0 fully saturated rings. The maximum atomic E-state index is 12.1. The monoisotopic (exact) mass is 386 g/mol. The van der Waals surface area contributed by atoms with E-state index in [0.717, 1.165) is 11.3 Å². The van der Waals surface area contributed by atoms with E-state index in [0.29, 0.717) is 12.1 Å². The SMILES string of the molecule is CC(C)(C)c1ccc(NCc2ccc(C(=O)Nc3nn[nH]n3)cc2)cc1.Cl. The molecule has 0 bridgehead atoms. The number of aromatic amines is 1. The molecule has 3 rings (SSSR count). The van der Waals surface area contributed by atoms with Crippen molar-refractivity contribution in [1.29, 1.82) is 0 Å². The number of nitrogens with zero attached hydrogens (tertiary/aromatic N) is 3. The van der Waals surface area contributed by atoms with Gasteiger partial charge < -0.3 is 5.32 Å². The quantitative estimate of drug-likeness (QED) is 0.620. The number of carbonyl (C=O) groups is 1. The molecule has 1 heterocycles. The molecular weight excluding hydrogens is 364 g/mol. The predicted octanol–water partition coefficient (Wildman–Crippen LogP) is 3.78. The third kappa shape index (κ3) is 5.52. The summed E-state index contributed by atoms with van der Waals surface area (Å²) >= 11 is 0. The lowest BCUT2D eigenvalue weighted by atomic mass is 9.87. The summed E-state index contributed by atoms with van der Waals surface area (Å²) in [6.07, 6.45) is 0. The molecule has 1 amide bonds. The zero-order valence-electron chi connectivity index (χ0n) is 15.5. The number of tetrazole rings is 1. The van der Waals surface area contributed by atoms with Gasteiger partial charge in [-0.05, 0) is 46.0 Å². The van der Waals surface area contributed by atoms with Crippen LogP contribution in [-0.4, -0.2) is 26.5 Å². The molecule has 0 aliphatic rings. The molecule has 0 saturated carbocycles. The van der Waals surface area contributed by atoms with Gasteiger partial charge in [0, 0.05) is 17.8 Å². The average Bonchev–Trinajstić information content (AvgIpc) is 3.13. The van der Waals surface area contributed by atoms with Crippen molar-refractivity contribution >= 4 is 29.9 Å². The summed E-state index contributed by atoms with van der Waals surface area (Å²) in [5, 5.41) is 19.0. The molecule has 0 radical (unpaired) electrons. The van der Waals surface area contributed by atoms with Crippen LogP contribution in [0, 0.1) is 0 Å². The molecule has 142 valence electrons. The molecule has 0 atom stereocenters. The third-order valence-electron chi connectivity index (χ3n) is 4.03. The van der Waals surface area contributed by atoms with Gasteiger partial charge in [0.25, 0.3) is 11.9 Å². The molecule has 8 heteroatoms. The summed E-state index contributed by atoms with van der Waals surface area (Å²) in [7, 11) is 0. The molecule has 2 aromatic carbocycles. The fourth-order valence-electron chi connectivity index (χ4n) is 2.45. The lowest BCUT2D eigenvalue weighted by Gasteiger charge is -2.19. The van der Waals surface area contributed by atoms with E-state index in [1.165, 1.54) is 5.56 Å². The number of nitrogens with one attached hydrogen (secondary N) is 3. The fraction of sp³-hybridized carbons (Fsp3) is 0.263. The summed E-state index contributed by atoms with van der Waals surface area (Å²) in [5.41, 5.74) is 4.14. The second-order valence-corrected chi connectivity index (χ2v) is 7.07. The van der Waals surface area contributed by atoms with Crippen LogP contribution in [0.15, 0.2) is 48.5 Å². The highest BCUT2D eigenvalue weighted by Crippen LogP contribution is 2.23. The van der Waals surface area contributed by atoms with Gasteiger partial charge in [-0.2, -0.15) is 5.21 Å². The topological polar surface area (TPSA) is 95.6 Å².